The van der Waals surface area contributed by atoms with Gasteiger partial charge in [-0.3, -0.25) is 0 Å². The first kappa shape index (κ1) is 12.4. The Morgan fingerprint density at radius 3 is 2.88 bits per heavy atom. The number of tetrazole rings is 1. The predicted octanol–water partition coefficient (Wildman–Crippen LogP) is 1.72. The summed E-state index contributed by atoms with van der Waals surface area (Å²) in [5.41, 5.74) is 0.963. The third-order valence-electron chi connectivity index (χ3n) is 2.41. The number of aromatic nitrogens is 4. The predicted molar refractivity (Wildman–Crippen MR) is 72.3 cm³/mol. The van der Waals surface area contributed by atoms with Gasteiger partial charge in [-0.25, -0.2) is 0 Å². The molecule has 0 aliphatic rings. The molecule has 0 saturated carbocycles. The van der Waals surface area contributed by atoms with Gasteiger partial charge in [0.25, 0.3) is 0 Å². The molecule has 0 unspecified atom stereocenters. The minimum atomic E-state index is -0.424. The second-order valence-corrected chi connectivity index (χ2v) is 4.87. The van der Waals surface area contributed by atoms with E-state index in [2.05, 4.69) is 38.0 Å². The molecule has 0 bridgehead atoms. The maximum absolute atomic E-state index is 9.52. The van der Waals surface area contributed by atoms with E-state index < -0.39 is 6.10 Å². The normalized spacial score (nSPS) is 12.6. The molecule has 0 spiro atoms. The van der Waals surface area contributed by atoms with Gasteiger partial charge in [0, 0.05) is 9.13 Å². The third-order valence-corrected chi connectivity index (χ3v) is 3.35. The van der Waals surface area contributed by atoms with Crippen LogP contribution in [0.5, 0.6) is 0 Å². The van der Waals surface area contributed by atoms with E-state index in [1.54, 1.807) is 0 Å². The Morgan fingerprint density at radius 2 is 2.18 bits per heavy atom. The van der Waals surface area contributed by atoms with Crippen molar-refractivity contribution in [3.05, 3.63) is 27.8 Å². The van der Waals surface area contributed by atoms with E-state index in [-0.39, 0.29) is 0 Å². The van der Waals surface area contributed by atoms with Gasteiger partial charge in [0.05, 0.1) is 12.6 Å². The van der Waals surface area contributed by atoms with Gasteiger partial charge in [-0.05, 0) is 46.4 Å². The van der Waals surface area contributed by atoms with Gasteiger partial charge in [-0.1, -0.05) is 19.1 Å². The van der Waals surface area contributed by atoms with Crippen LogP contribution in [0.25, 0.3) is 11.4 Å². The lowest BCUT2D eigenvalue weighted by Crippen LogP contribution is -2.16. The fourth-order valence-corrected chi connectivity index (χ4v) is 2.02. The van der Waals surface area contributed by atoms with E-state index in [4.69, 9.17) is 0 Å². The fourth-order valence-electron chi connectivity index (χ4n) is 1.39. The Labute approximate surface area is 113 Å². The molecular formula is C11H13IN4O. The molecule has 5 nitrogen and oxygen atoms in total. The number of aliphatic hydroxyl groups excluding tert-OH is 1. The van der Waals surface area contributed by atoms with Crippen LogP contribution in [0.15, 0.2) is 24.3 Å². The van der Waals surface area contributed by atoms with Crippen molar-refractivity contribution < 1.29 is 5.11 Å². The van der Waals surface area contributed by atoms with Crippen molar-refractivity contribution in [2.45, 2.75) is 26.0 Å². The first-order valence-electron chi connectivity index (χ1n) is 5.41. The maximum Gasteiger partial charge on any atom is 0.205 e. The highest BCUT2D eigenvalue weighted by Gasteiger charge is 2.10. The Hall–Kier alpha value is -1.02. The second-order valence-electron chi connectivity index (χ2n) is 3.71. The van der Waals surface area contributed by atoms with Crippen LogP contribution in [0.3, 0.4) is 0 Å². The Balaban J connectivity index is 2.21. The summed E-state index contributed by atoms with van der Waals surface area (Å²) in [4.78, 5) is 1.44. The Morgan fingerprint density at radius 1 is 1.41 bits per heavy atom. The zero-order chi connectivity index (χ0) is 12.3. The molecule has 90 valence electrons. The minimum Gasteiger partial charge on any atom is -0.391 e. The highest BCUT2D eigenvalue weighted by atomic mass is 127. The monoisotopic (exact) mass is 344 g/mol. The molecule has 1 aromatic carbocycles. The zero-order valence-corrected chi connectivity index (χ0v) is 11.6. The molecule has 2 rings (SSSR count). The number of halogens is 1. The molecule has 1 atom stereocenters. The van der Waals surface area contributed by atoms with Crippen molar-refractivity contribution in [1.82, 2.24) is 20.2 Å². The summed E-state index contributed by atoms with van der Waals surface area (Å²) in [5.74, 6) is 0.596. The Bertz CT molecular complexity index is 500. The van der Waals surface area contributed by atoms with Gasteiger partial charge in [0.15, 0.2) is 0 Å². The summed E-state index contributed by atoms with van der Waals surface area (Å²) >= 11 is 2.24. The number of rotatable bonds is 4. The van der Waals surface area contributed by atoms with Crippen molar-refractivity contribution in [3.8, 4) is 11.4 Å². The number of benzene rings is 1. The van der Waals surface area contributed by atoms with E-state index in [1.807, 2.05) is 31.2 Å². The summed E-state index contributed by atoms with van der Waals surface area (Å²) in [6, 6.07) is 7.87. The van der Waals surface area contributed by atoms with Crippen molar-refractivity contribution in [2.24, 2.45) is 0 Å². The topological polar surface area (TPSA) is 63.8 Å². The molecule has 0 amide bonds. The molecule has 6 heteroatoms. The maximum atomic E-state index is 9.52. The van der Waals surface area contributed by atoms with Gasteiger partial charge in [0.2, 0.25) is 5.82 Å². The zero-order valence-electron chi connectivity index (χ0n) is 9.41. The molecule has 0 saturated heterocycles. The first-order chi connectivity index (χ1) is 8.20. The molecule has 0 radical (unpaired) electrons. The van der Waals surface area contributed by atoms with Gasteiger partial charge in [-0.15, -0.1) is 10.2 Å². The van der Waals surface area contributed by atoms with E-state index in [9.17, 15) is 5.11 Å². The quantitative estimate of drug-likeness (QED) is 0.858. The van der Waals surface area contributed by atoms with Crippen LogP contribution in [0.1, 0.15) is 13.3 Å². The van der Waals surface area contributed by atoms with Crippen LogP contribution in [-0.4, -0.2) is 31.4 Å². The number of hydrogen-bond acceptors (Lipinski definition) is 4. The smallest absolute Gasteiger partial charge is 0.205 e. The second kappa shape index (κ2) is 5.54. The number of hydrogen-bond donors (Lipinski definition) is 1. The van der Waals surface area contributed by atoms with Gasteiger partial charge < -0.3 is 5.11 Å². The van der Waals surface area contributed by atoms with Crippen molar-refractivity contribution >= 4 is 22.6 Å². The lowest BCUT2D eigenvalue weighted by Gasteiger charge is -2.04. The molecular weight excluding hydrogens is 331 g/mol. The summed E-state index contributed by atoms with van der Waals surface area (Å²) in [6.07, 6.45) is 0.256. The molecule has 1 N–H and O–H groups in total. The Kier molecular flexibility index (Phi) is 4.06. The molecule has 0 fully saturated rings. The van der Waals surface area contributed by atoms with Crippen LogP contribution < -0.4 is 0 Å². The highest BCUT2D eigenvalue weighted by molar-refractivity contribution is 14.1. The largest absolute Gasteiger partial charge is 0.391 e. The molecule has 0 aliphatic carbocycles. The van der Waals surface area contributed by atoms with Crippen molar-refractivity contribution in [3.63, 3.8) is 0 Å². The van der Waals surface area contributed by atoms with E-state index in [1.165, 1.54) is 4.80 Å². The molecule has 0 aliphatic heterocycles. The SMILES string of the molecule is CC[C@H](O)Cn1nnc(-c2ccccc2I)n1. The summed E-state index contributed by atoms with van der Waals surface area (Å²) in [5, 5.41) is 21.7. The highest BCUT2D eigenvalue weighted by Crippen LogP contribution is 2.20. The van der Waals surface area contributed by atoms with Crippen LogP contribution in [-0.2, 0) is 6.54 Å². The average Bonchev–Trinajstić information content (AvgIpc) is 2.78. The van der Waals surface area contributed by atoms with E-state index >= 15 is 0 Å². The lowest BCUT2D eigenvalue weighted by molar-refractivity contribution is 0.138. The van der Waals surface area contributed by atoms with Crippen molar-refractivity contribution in [1.29, 1.82) is 0 Å². The number of nitrogens with zero attached hydrogens (tertiary/aromatic N) is 4. The number of aliphatic hydroxyl groups is 1. The third kappa shape index (κ3) is 3.01. The standard InChI is InChI=1S/C11H13IN4O/c1-2-8(17)7-16-14-11(13-15-16)9-5-3-4-6-10(9)12/h3-6,8,17H,2,7H2,1H3/t8-/m0/s1. The van der Waals surface area contributed by atoms with Crippen LogP contribution in [0.2, 0.25) is 0 Å². The molecule has 1 heterocycles. The molecule has 2 aromatic rings. The summed E-state index contributed by atoms with van der Waals surface area (Å²) in [7, 11) is 0. The summed E-state index contributed by atoms with van der Waals surface area (Å²) < 4.78 is 1.08. The lowest BCUT2D eigenvalue weighted by atomic mass is 10.2. The molecule has 17 heavy (non-hydrogen) atoms. The van der Waals surface area contributed by atoms with Gasteiger partial charge in [-0.2, -0.15) is 4.80 Å². The fraction of sp³-hybridized carbons (Fsp3) is 0.364. The average molecular weight is 344 g/mol. The van der Waals surface area contributed by atoms with Crippen LogP contribution in [0, 0.1) is 3.57 Å². The van der Waals surface area contributed by atoms with Gasteiger partial charge >= 0.3 is 0 Å². The van der Waals surface area contributed by atoms with E-state index in [0.717, 1.165) is 9.13 Å². The summed E-state index contributed by atoms with van der Waals surface area (Å²) in [6.45, 7) is 2.30. The van der Waals surface area contributed by atoms with Crippen LogP contribution in [0.4, 0.5) is 0 Å². The van der Waals surface area contributed by atoms with Gasteiger partial charge in [0.1, 0.15) is 0 Å². The van der Waals surface area contributed by atoms with E-state index in [0.29, 0.717) is 18.8 Å². The first-order valence-corrected chi connectivity index (χ1v) is 6.49. The molecule has 1 aromatic heterocycles. The van der Waals surface area contributed by atoms with Crippen LogP contribution >= 0.6 is 22.6 Å². The minimum absolute atomic E-state index is 0.382. The van der Waals surface area contributed by atoms with Crippen molar-refractivity contribution in [2.75, 3.05) is 0 Å².